The summed E-state index contributed by atoms with van der Waals surface area (Å²) in [7, 11) is 0. The zero-order chi connectivity index (χ0) is 19.7. The third kappa shape index (κ3) is 3.55. The molecule has 1 N–H and O–H groups in total. The number of ketones is 1. The van der Waals surface area contributed by atoms with Gasteiger partial charge in [-0.1, -0.05) is 23.7 Å². The number of H-pyrrole nitrogens is 1. The summed E-state index contributed by atoms with van der Waals surface area (Å²) in [5, 5.41) is 7.53. The minimum absolute atomic E-state index is 0.130. The van der Waals surface area contributed by atoms with Gasteiger partial charge in [0.1, 0.15) is 6.33 Å². The van der Waals surface area contributed by atoms with Crippen molar-refractivity contribution >= 4 is 23.1 Å². The third-order valence-corrected chi connectivity index (χ3v) is 5.60. The number of nitrogens with zero attached hydrogens (tertiary/aromatic N) is 5. The van der Waals surface area contributed by atoms with Crippen LogP contribution in [0.25, 0.3) is 5.95 Å². The predicted octanol–water partition coefficient (Wildman–Crippen LogP) is 2.87. The summed E-state index contributed by atoms with van der Waals surface area (Å²) in [6.45, 7) is 7.70. The first-order valence-electron chi connectivity index (χ1n) is 9.34. The van der Waals surface area contributed by atoms with Crippen molar-refractivity contribution < 1.29 is 4.79 Å². The zero-order valence-electron chi connectivity index (χ0n) is 16.0. The number of hydrogen-bond donors (Lipinski definition) is 1. The van der Waals surface area contributed by atoms with E-state index in [4.69, 9.17) is 11.6 Å². The molecule has 1 aliphatic heterocycles. The Bertz CT molecular complexity index is 973. The Balaban J connectivity index is 1.42. The van der Waals surface area contributed by atoms with Crippen LogP contribution >= 0.6 is 11.6 Å². The number of aromatic nitrogens is 4. The van der Waals surface area contributed by atoms with Gasteiger partial charge in [0.2, 0.25) is 5.95 Å². The summed E-state index contributed by atoms with van der Waals surface area (Å²) in [4.78, 5) is 21.6. The minimum atomic E-state index is 0.130. The molecule has 8 heteroatoms. The van der Waals surface area contributed by atoms with Crippen LogP contribution in [0.1, 0.15) is 21.7 Å². The number of hydrogen-bond acceptors (Lipinski definition) is 5. The highest BCUT2D eigenvalue weighted by molar-refractivity contribution is 6.33. The summed E-state index contributed by atoms with van der Waals surface area (Å²) in [5.41, 5.74) is 3.64. The highest BCUT2D eigenvalue weighted by atomic mass is 35.5. The average molecular weight is 399 g/mol. The lowest BCUT2D eigenvalue weighted by molar-refractivity contribution is 0.0926. The van der Waals surface area contributed by atoms with Crippen LogP contribution in [-0.4, -0.2) is 63.2 Å². The van der Waals surface area contributed by atoms with Gasteiger partial charge in [0.25, 0.3) is 0 Å². The van der Waals surface area contributed by atoms with Gasteiger partial charge in [-0.25, -0.2) is 5.10 Å². The smallest absolute Gasteiger partial charge is 0.229 e. The number of aryl methyl sites for hydroxylation is 1. The lowest BCUT2D eigenvalue weighted by atomic mass is 10.1. The number of carbonyl (C=O) groups excluding carboxylic acids is 1. The van der Waals surface area contributed by atoms with Gasteiger partial charge in [0, 0.05) is 43.1 Å². The maximum absolute atomic E-state index is 12.9. The number of rotatable bonds is 5. The molecule has 1 saturated heterocycles. The molecule has 0 saturated carbocycles. The molecule has 28 heavy (non-hydrogen) atoms. The second-order valence-corrected chi connectivity index (χ2v) is 7.47. The van der Waals surface area contributed by atoms with Crippen molar-refractivity contribution in [2.45, 2.75) is 13.8 Å². The first kappa shape index (κ1) is 18.7. The van der Waals surface area contributed by atoms with E-state index in [1.807, 2.05) is 48.7 Å². The van der Waals surface area contributed by atoms with E-state index in [1.165, 1.54) is 6.33 Å². The first-order valence-corrected chi connectivity index (χ1v) is 9.72. The molecule has 0 amide bonds. The maximum Gasteiger partial charge on any atom is 0.229 e. The summed E-state index contributed by atoms with van der Waals surface area (Å²) >= 11 is 6.31. The second kappa shape index (κ2) is 7.77. The molecule has 0 bridgehead atoms. The summed E-state index contributed by atoms with van der Waals surface area (Å²) in [6, 6.07) is 9.83. The number of halogens is 1. The number of para-hydroxylation sites is 1. The van der Waals surface area contributed by atoms with Crippen molar-refractivity contribution in [2.24, 2.45) is 0 Å². The van der Waals surface area contributed by atoms with Crippen molar-refractivity contribution in [3.63, 3.8) is 0 Å². The molecule has 1 fully saturated rings. The van der Waals surface area contributed by atoms with E-state index in [0.29, 0.717) is 12.5 Å². The van der Waals surface area contributed by atoms with Crippen molar-refractivity contribution in [1.29, 1.82) is 0 Å². The van der Waals surface area contributed by atoms with Crippen LogP contribution in [0.2, 0.25) is 5.02 Å². The lowest BCUT2D eigenvalue weighted by Gasteiger charge is -2.36. The Labute approximate surface area is 168 Å². The summed E-state index contributed by atoms with van der Waals surface area (Å²) < 4.78 is 1.93. The Morgan fingerprint density at radius 3 is 2.61 bits per heavy atom. The number of benzene rings is 1. The molecule has 4 rings (SSSR count). The molecule has 146 valence electrons. The molecular weight excluding hydrogens is 376 g/mol. The van der Waals surface area contributed by atoms with E-state index < -0.39 is 0 Å². The molecule has 3 aromatic rings. The largest absolute Gasteiger partial charge is 0.368 e. The van der Waals surface area contributed by atoms with Gasteiger partial charge in [-0.05, 0) is 32.0 Å². The SMILES string of the molecule is Cc1cc(C(=O)CN2CCN(c3ccccc3Cl)CC2)c(C)n1-c1ncn[nH]1. The molecule has 7 nitrogen and oxygen atoms in total. The van der Waals surface area contributed by atoms with Crippen LogP contribution in [0.3, 0.4) is 0 Å². The molecule has 0 unspecified atom stereocenters. The van der Waals surface area contributed by atoms with Crippen molar-refractivity contribution in [3.8, 4) is 5.95 Å². The second-order valence-electron chi connectivity index (χ2n) is 7.07. The highest BCUT2D eigenvalue weighted by Gasteiger charge is 2.23. The molecule has 1 aromatic carbocycles. The predicted molar refractivity (Wildman–Crippen MR) is 110 cm³/mol. The molecule has 0 atom stereocenters. The number of nitrogens with one attached hydrogen (secondary N) is 1. The fraction of sp³-hybridized carbons (Fsp3) is 0.350. The molecule has 3 heterocycles. The highest BCUT2D eigenvalue weighted by Crippen LogP contribution is 2.26. The Morgan fingerprint density at radius 2 is 1.93 bits per heavy atom. The molecule has 0 aliphatic carbocycles. The van der Waals surface area contributed by atoms with E-state index in [2.05, 4.69) is 25.0 Å². The number of piperazine rings is 1. The van der Waals surface area contributed by atoms with Gasteiger partial charge in [-0.3, -0.25) is 14.3 Å². The van der Waals surface area contributed by atoms with Gasteiger partial charge in [0.15, 0.2) is 5.78 Å². The maximum atomic E-state index is 12.9. The Hall–Kier alpha value is -2.64. The van der Waals surface area contributed by atoms with Crippen LogP contribution in [0.15, 0.2) is 36.7 Å². The van der Waals surface area contributed by atoms with Gasteiger partial charge < -0.3 is 4.90 Å². The number of Topliss-reactive ketones (excluding diaryl/α,β-unsaturated/α-hetero) is 1. The van der Waals surface area contributed by atoms with Gasteiger partial charge in [0.05, 0.1) is 17.3 Å². The minimum Gasteiger partial charge on any atom is -0.368 e. The standard InChI is InChI=1S/C20H23ClN6O/c1-14-11-16(15(2)27(14)20-22-13-23-24-20)19(28)12-25-7-9-26(10-8-25)18-6-4-3-5-17(18)21/h3-6,11,13H,7-10,12H2,1-2H3,(H,22,23,24). The van der Waals surface area contributed by atoms with Crippen LogP contribution < -0.4 is 4.90 Å². The van der Waals surface area contributed by atoms with E-state index in [1.54, 1.807) is 0 Å². The van der Waals surface area contributed by atoms with E-state index >= 15 is 0 Å². The molecule has 0 spiro atoms. The summed E-state index contributed by atoms with van der Waals surface area (Å²) in [5.74, 6) is 0.757. The molecule has 2 aromatic heterocycles. The normalized spacial score (nSPS) is 15.2. The number of carbonyl (C=O) groups is 1. The number of aromatic amines is 1. The lowest BCUT2D eigenvalue weighted by Crippen LogP contribution is -2.48. The monoisotopic (exact) mass is 398 g/mol. The van der Waals surface area contributed by atoms with Gasteiger partial charge >= 0.3 is 0 Å². The fourth-order valence-electron chi connectivity index (χ4n) is 3.82. The van der Waals surface area contributed by atoms with Crippen molar-refractivity contribution in [2.75, 3.05) is 37.6 Å². The zero-order valence-corrected chi connectivity index (χ0v) is 16.8. The topological polar surface area (TPSA) is 70.1 Å². The van der Waals surface area contributed by atoms with Crippen LogP contribution in [0.4, 0.5) is 5.69 Å². The quantitative estimate of drug-likeness (QED) is 0.669. The van der Waals surface area contributed by atoms with E-state index in [9.17, 15) is 4.79 Å². The van der Waals surface area contributed by atoms with E-state index in [-0.39, 0.29) is 5.78 Å². The average Bonchev–Trinajstić information content (AvgIpc) is 3.30. The third-order valence-electron chi connectivity index (χ3n) is 5.28. The van der Waals surface area contributed by atoms with Gasteiger partial charge in [-0.2, -0.15) is 10.1 Å². The first-order chi connectivity index (χ1) is 13.5. The van der Waals surface area contributed by atoms with Crippen molar-refractivity contribution in [3.05, 3.63) is 58.6 Å². The fourth-order valence-corrected chi connectivity index (χ4v) is 4.08. The van der Waals surface area contributed by atoms with Crippen molar-refractivity contribution in [1.82, 2.24) is 24.6 Å². The number of anilines is 1. The van der Waals surface area contributed by atoms with Gasteiger partial charge in [-0.15, -0.1) is 0 Å². The Kier molecular flexibility index (Phi) is 5.19. The van der Waals surface area contributed by atoms with E-state index in [0.717, 1.165) is 53.8 Å². The summed E-state index contributed by atoms with van der Waals surface area (Å²) in [6.07, 6.45) is 1.47. The molecule has 1 aliphatic rings. The molecule has 0 radical (unpaired) electrons. The van der Waals surface area contributed by atoms with Crippen LogP contribution in [0, 0.1) is 13.8 Å². The molecular formula is C20H23ClN6O. The van der Waals surface area contributed by atoms with Crippen LogP contribution in [-0.2, 0) is 0 Å². The Morgan fingerprint density at radius 1 is 1.18 bits per heavy atom. The van der Waals surface area contributed by atoms with Crippen LogP contribution in [0.5, 0.6) is 0 Å².